The van der Waals surface area contributed by atoms with Crippen LogP contribution >= 0.6 is 15.9 Å². The molecule has 1 atom stereocenters. The number of nitrogens with one attached hydrogen (secondary N) is 1. The van der Waals surface area contributed by atoms with Gasteiger partial charge in [0.25, 0.3) is 0 Å². The fourth-order valence-corrected chi connectivity index (χ4v) is 3.41. The van der Waals surface area contributed by atoms with Gasteiger partial charge in [-0.25, -0.2) is 9.97 Å². The van der Waals surface area contributed by atoms with Crippen molar-refractivity contribution in [3.05, 3.63) is 16.0 Å². The van der Waals surface area contributed by atoms with Gasteiger partial charge in [-0.1, -0.05) is 0 Å². The summed E-state index contributed by atoms with van der Waals surface area (Å²) in [6, 6.07) is 0.284. The Morgan fingerprint density at radius 1 is 1.20 bits per heavy atom. The molecule has 0 aromatic carbocycles. The largest absolute Gasteiger partial charge is 0.372 e. The number of halogens is 1. The normalized spacial score (nSPS) is 24.9. The third kappa shape index (κ3) is 2.69. The molecule has 1 saturated heterocycles. The van der Waals surface area contributed by atoms with Crippen molar-refractivity contribution in [3.8, 4) is 0 Å². The average molecular weight is 340 g/mol. The number of hydrogen-bond acceptors (Lipinski definition) is 5. The van der Waals surface area contributed by atoms with Gasteiger partial charge in [-0.3, -0.25) is 4.90 Å². The first-order valence-electron chi connectivity index (χ1n) is 7.24. The quantitative estimate of drug-likeness (QED) is 0.913. The first-order valence-corrected chi connectivity index (χ1v) is 8.03. The van der Waals surface area contributed by atoms with Crippen molar-refractivity contribution in [2.24, 2.45) is 0 Å². The summed E-state index contributed by atoms with van der Waals surface area (Å²) in [5.74, 6) is 2.48. The van der Waals surface area contributed by atoms with E-state index in [2.05, 4.69) is 45.1 Å². The maximum absolute atomic E-state index is 4.89. The Balaban J connectivity index is 1.97. The maximum atomic E-state index is 4.89. The molecule has 6 heteroatoms. The minimum absolute atomic E-state index is 0.284. The van der Waals surface area contributed by atoms with Gasteiger partial charge in [-0.05, 0) is 42.9 Å². The topological polar surface area (TPSA) is 44.3 Å². The third-order valence-corrected chi connectivity index (χ3v) is 5.03. The van der Waals surface area contributed by atoms with Crippen molar-refractivity contribution < 1.29 is 0 Å². The summed E-state index contributed by atoms with van der Waals surface area (Å²) in [7, 11) is 6.25. The summed E-state index contributed by atoms with van der Waals surface area (Å²) < 4.78 is 1.04. The van der Waals surface area contributed by atoms with Crippen molar-refractivity contribution in [2.75, 3.05) is 46.1 Å². The van der Waals surface area contributed by atoms with Crippen LogP contribution in [0, 0.1) is 0 Å². The van der Waals surface area contributed by atoms with Gasteiger partial charge in [-0.2, -0.15) is 0 Å². The van der Waals surface area contributed by atoms with Crippen molar-refractivity contribution in [2.45, 2.75) is 24.8 Å². The lowest BCUT2D eigenvalue weighted by molar-refractivity contribution is 0.109. The zero-order valence-corrected chi connectivity index (χ0v) is 13.9. The van der Waals surface area contributed by atoms with Crippen LogP contribution in [-0.4, -0.2) is 60.5 Å². The number of anilines is 1. The molecular weight excluding hydrogens is 318 g/mol. The first kappa shape index (κ1) is 14.2. The van der Waals surface area contributed by atoms with E-state index in [0.29, 0.717) is 5.92 Å². The number of likely N-dealkylation sites (N-methyl/N-ethyl adjacent to an activating group) is 2. The molecule has 1 aromatic heterocycles. The van der Waals surface area contributed by atoms with Gasteiger partial charge >= 0.3 is 0 Å². The van der Waals surface area contributed by atoms with Gasteiger partial charge in [0.2, 0.25) is 0 Å². The fourth-order valence-electron chi connectivity index (χ4n) is 2.71. The van der Waals surface area contributed by atoms with Crippen LogP contribution in [0.15, 0.2) is 4.47 Å². The lowest BCUT2D eigenvalue weighted by Crippen LogP contribution is -2.45. The molecule has 0 amide bonds. The molecule has 0 radical (unpaired) electrons. The lowest BCUT2D eigenvalue weighted by atomic mass is 10.1. The Bertz CT molecular complexity index is 503. The molecule has 1 aliphatic carbocycles. The van der Waals surface area contributed by atoms with Crippen LogP contribution in [0.25, 0.3) is 0 Å². The predicted molar refractivity (Wildman–Crippen MR) is 84.1 cm³/mol. The van der Waals surface area contributed by atoms with Crippen LogP contribution in [0.1, 0.15) is 36.3 Å². The molecule has 0 spiro atoms. The summed E-state index contributed by atoms with van der Waals surface area (Å²) in [5, 5.41) is 3.19. The highest BCUT2D eigenvalue weighted by molar-refractivity contribution is 9.10. The van der Waals surface area contributed by atoms with E-state index in [-0.39, 0.29) is 6.04 Å². The lowest BCUT2D eigenvalue weighted by Gasteiger charge is -2.37. The molecule has 2 aliphatic rings. The van der Waals surface area contributed by atoms with Crippen molar-refractivity contribution in [1.29, 1.82) is 0 Å². The molecule has 2 heterocycles. The molecule has 2 fully saturated rings. The van der Waals surface area contributed by atoms with Crippen molar-refractivity contribution in [3.63, 3.8) is 0 Å². The van der Waals surface area contributed by atoms with E-state index >= 15 is 0 Å². The average Bonchev–Trinajstić information content (AvgIpc) is 3.26. The summed E-state index contributed by atoms with van der Waals surface area (Å²) >= 11 is 3.66. The molecule has 1 N–H and O–H groups in total. The molecule has 1 saturated carbocycles. The second-order valence-corrected chi connectivity index (χ2v) is 6.71. The number of aromatic nitrogens is 2. The Morgan fingerprint density at radius 3 is 2.60 bits per heavy atom. The van der Waals surface area contributed by atoms with Crippen molar-refractivity contribution in [1.82, 2.24) is 19.8 Å². The molecule has 20 heavy (non-hydrogen) atoms. The van der Waals surface area contributed by atoms with Gasteiger partial charge in [0.1, 0.15) is 11.6 Å². The number of rotatable bonds is 3. The Hall–Kier alpha value is -0.720. The summed E-state index contributed by atoms with van der Waals surface area (Å²) in [5.41, 5.74) is 1.18. The summed E-state index contributed by atoms with van der Waals surface area (Å²) in [6.45, 7) is 3.16. The molecule has 5 nitrogen and oxygen atoms in total. The predicted octanol–water partition coefficient (Wildman–Crippen LogP) is 2.08. The van der Waals surface area contributed by atoms with Crippen molar-refractivity contribution >= 4 is 21.7 Å². The van der Waals surface area contributed by atoms with Gasteiger partial charge < -0.3 is 10.2 Å². The molecule has 1 aromatic rings. The number of nitrogens with zero attached hydrogens (tertiary/aromatic N) is 4. The van der Waals surface area contributed by atoms with Crippen LogP contribution in [0.3, 0.4) is 0 Å². The molecule has 3 rings (SSSR count). The second kappa shape index (κ2) is 5.58. The van der Waals surface area contributed by atoms with Crippen LogP contribution in [0.5, 0.6) is 0 Å². The zero-order valence-electron chi connectivity index (χ0n) is 12.4. The zero-order chi connectivity index (χ0) is 14.3. The van der Waals surface area contributed by atoms with Crippen LogP contribution in [-0.2, 0) is 0 Å². The van der Waals surface area contributed by atoms with Gasteiger partial charge in [0, 0.05) is 32.6 Å². The van der Waals surface area contributed by atoms with E-state index in [0.717, 1.165) is 35.7 Å². The first-order chi connectivity index (χ1) is 9.60. The molecule has 0 bridgehead atoms. The van der Waals surface area contributed by atoms with Crippen LogP contribution < -0.4 is 5.32 Å². The van der Waals surface area contributed by atoms with E-state index in [1.165, 1.54) is 18.5 Å². The maximum Gasteiger partial charge on any atom is 0.149 e. The molecule has 110 valence electrons. The summed E-state index contributed by atoms with van der Waals surface area (Å²) in [4.78, 5) is 14.3. The number of hydrogen-bond donors (Lipinski definition) is 1. The Labute approximate surface area is 128 Å². The monoisotopic (exact) mass is 339 g/mol. The van der Waals surface area contributed by atoms with Crippen LogP contribution in [0.2, 0.25) is 0 Å². The highest BCUT2D eigenvalue weighted by Crippen LogP contribution is 2.44. The molecule has 1 aliphatic heterocycles. The highest BCUT2D eigenvalue weighted by atomic mass is 79.9. The van der Waals surface area contributed by atoms with E-state index in [9.17, 15) is 0 Å². The van der Waals surface area contributed by atoms with Gasteiger partial charge in [0.15, 0.2) is 0 Å². The Kier molecular flexibility index (Phi) is 3.97. The van der Waals surface area contributed by atoms with E-state index in [1.54, 1.807) is 0 Å². The Morgan fingerprint density at radius 2 is 1.95 bits per heavy atom. The standard InChI is InChI=1S/C14H22BrN5/c1-16-14-11(15)12(9-4-5-9)17-13(18-14)10-8-19(2)6-7-20(10)3/h9-10H,4-8H2,1-3H3,(H,16,17,18). The number of piperazine rings is 1. The van der Waals surface area contributed by atoms with E-state index < -0.39 is 0 Å². The van der Waals surface area contributed by atoms with Crippen LogP contribution in [0.4, 0.5) is 5.82 Å². The summed E-state index contributed by atoms with van der Waals surface area (Å²) in [6.07, 6.45) is 2.50. The minimum atomic E-state index is 0.284. The highest BCUT2D eigenvalue weighted by Gasteiger charge is 2.32. The van der Waals surface area contributed by atoms with Gasteiger partial charge in [0.05, 0.1) is 16.2 Å². The van der Waals surface area contributed by atoms with E-state index in [4.69, 9.17) is 9.97 Å². The third-order valence-electron chi connectivity index (χ3n) is 4.24. The molecular formula is C14H22BrN5. The smallest absolute Gasteiger partial charge is 0.149 e. The SMILES string of the molecule is CNc1nc(C2CN(C)CCN2C)nc(C2CC2)c1Br. The fraction of sp³-hybridized carbons (Fsp3) is 0.714. The van der Waals surface area contributed by atoms with Gasteiger partial charge in [-0.15, -0.1) is 0 Å². The minimum Gasteiger partial charge on any atom is -0.372 e. The second-order valence-electron chi connectivity index (χ2n) is 5.91. The van der Waals surface area contributed by atoms with E-state index in [1.807, 2.05) is 7.05 Å². The molecule has 1 unspecified atom stereocenters.